The van der Waals surface area contributed by atoms with Crippen LogP contribution in [0.15, 0.2) is 72.8 Å². The zero-order valence-electron chi connectivity index (χ0n) is 19.0. The number of hydrogen-bond acceptors (Lipinski definition) is 4. The van der Waals surface area contributed by atoms with Crippen LogP contribution >= 0.6 is 0 Å². The van der Waals surface area contributed by atoms with E-state index in [-0.39, 0.29) is 5.91 Å². The van der Waals surface area contributed by atoms with E-state index in [1.807, 2.05) is 90.3 Å². The smallest absolute Gasteiger partial charge is 0.268 e. The molecule has 0 atom stereocenters. The topological polar surface area (TPSA) is 70.3 Å². The number of amides is 1. The van der Waals surface area contributed by atoms with E-state index in [9.17, 15) is 10.1 Å². The Kier molecular flexibility index (Phi) is 6.32. The highest BCUT2D eigenvalue weighted by molar-refractivity contribution is 5.99. The summed E-state index contributed by atoms with van der Waals surface area (Å²) in [6.07, 6.45) is 0. The number of anilines is 1. The SMILES string of the molecule is COc1ccc2cc(C(=O)NCc3ccc(N(C)C)cc3)n(Cc3cccc(C#N)c3)c2c1. The number of carbonyl (C=O) groups is 1. The Morgan fingerprint density at radius 2 is 1.82 bits per heavy atom. The van der Waals surface area contributed by atoms with Crippen molar-refractivity contribution in [3.05, 3.63) is 95.2 Å². The fourth-order valence-corrected chi connectivity index (χ4v) is 3.83. The summed E-state index contributed by atoms with van der Waals surface area (Å²) in [5.74, 6) is 0.568. The van der Waals surface area contributed by atoms with E-state index in [1.54, 1.807) is 13.2 Å². The summed E-state index contributed by atoms with van der Waals surface area (Å²) in [7, 11) is 5.62. The van der Waals surface area contributed by atoms with Crippen LogP contribution in [0.25, 0.3) is 10.9 Å². The molecule has 0 saturated heterocycles. The Morgan fingerprint density at radius 3 is 2.52 bits per heavy atom. The lowest BCUT2D eigenvalue weighted by Gasteiger charge is -2.14. The first-order chi connectivity index (χ1) is 16.0. The van der Waals surface area contributed by atoms with Crippen molar-refractivity contribution in [2.24, 2.45) is 0 Å². The zero-order chi connectivity index (χ0) is 23.4. The molecule has 1 heterocycles. The molecule has 0 bridgehead atoms. The minimum Gasteiger partial charge on any atom is -0.497 e. The maximum atomic E-state index is 13.2. The van der Waals surface area contributed by atoms with Crippen molar-refractivity contribution in [3.63, 3.8) is 0 Å². The van der Waals surface area contributed by atoms with Crippen LogP contribution in [-0.2, 0) is 13.1 Å². The van der Waals surface area contributed by atoms with E-state index in [0.717, 1.165) is 33.5 Å². The predicted molar refractivity (Wildman–Crippen MR) is 131 cm³/mol. The summed E-state index contributed by atoms with van der Waals surface area (Å²) in [4.78, 5) is 15.3. The van der Waals surface area contributed by atoms with Gasteiger partial charge in [-0.05, 0) is 53.6 Å². The quantitative estimate of drug-likeness (QED) is 0.459. The minimum absolute atomic E-state index is 0.154. The third-order valence-corrected chi connectivity index (χ3v) is 5.65. The van der Waals surface area contributed by atoms with Crippen LogP contribution in [0.5, 0.6) is 5.75 Å². The molecule has 0 fully saturated rings. The van der Waals surface area contributed by atoms with Crippen molar-refractivity contribution in [1.82, 2.24) is 9.88 Å². The normalized spacial score (nSPS) is 10.6. The number of rotatable bonds is 7. The Bertz CT molecular complexity index is 1330. The van der Waals surface area contributed by atoms with Crippen LogP contribution < -0.4 is 15.0 Å². The molecule has 166 valence electrons. The number of carbonyl (C=O) groups excluding carboxylic acids is 1. The molecule has 0 aliphatic carbocycles. The number of nitrogens with one attached hydrogen (secondary N) is 1. The summed E-state index contributed by atoms with van der Waals surface area (Å²) < 4.78 is 7.38. The summed E-state index contributed by atoms with van der Waals surface area (Å²) in [6, 6.07) is 25.4. The third kappa shape index (κ3) is 4.83. The second-order valence-electron chi connectivity index (χ2n) is 8.10. The van der Waals surface area contributed by atoms with Crippen LogP contribution in [0.2, 0.25) is 0 Å². The average molecular weight is 439 g/mol. The predicted octanol–water partition coefficient (Wildman–Crippen LogP) is 4.57. The van der Waals surface area contributed by atoms with E-state index in [1.165, 1.54) is 0 Å². The lowest BCUT2D eigenvalue weighted by Crippen LogP contribution is -2.25. The van der Waals surface area contributed by atoms with Gasteiger partial charge in [0.15, 0.2) is 0 Å². The van der Waals surface area contributed by atoms with Gasteiger partial charge >= 0.3 is 0 Å². The van der Waals surface area contributed by atoms with Crippen molar-refractivity contribution in [2.45, 2.75) is 13.1 Å². The van der Waals surface area contributed by atoms with Gasteiger partial charge in [0.05, 0.1) is 24.3 Å². The Hall–Kier alpha value is -4.24. The summed E-state index contributed by atoms with van der Waals surface area (Å²) >= 11 is 0. The molecule has 0 aliphatic rings. The molecular weight excluding hydrogens is 412 g/mol. The summed E-state index contributed by atoms with van der Waals surface area (Å²) in [5, 5.41) is 13.3. The number of fused-ring (bicyclic) bond motifs is 1. The van der Waals surface area contributed by atoms with Gasteiger partial charge in [0.25, 0.3) is 5.91 Å². The molecule has 1 N–H and O–H groups in total. The van der Waals surface area contributed by atoms with Crippen LogP contribution in [0.4, 0.5) is 5.69 Å². The maximum Gasteiger partial charge on any atom is 0.268 e. The second kappa shape index (κ2) is 9.49. The van der Waals surface area contributed by atoms with Gasteiger partial charge in [-0.25, -0.2) is 0 Å². The van der Waals surface area contributed by atoms with Crippen molar-refractivity contribution in [2.75, 3.05) is 26.1 Å². The fourth-order valence-electron chi connectivity index (χ4n) is 3.83. The first kappa shape index (κ1) is 22.0. The van der Waals surface area contributed by atoms with Gasteiger partial charge in [0.2, 0.25) is 0 Å². The molecule has 0 spiro atoms. The van der Waals surface area contributed by atoms with Gasteiger partial charge in [0.1, 0.15) is 11.4 Å². The third-order valence-electron chi connectivity index (χ3n) is 5.65. The van der Waals surface area contributed by atoms with Crippen LogP contribution in [0, 0.1) is 11.3 Å². The molecule has 1 aromatic heterocycles. The standard InChI is InChI=1S/C27H26N4O2/c1-30(2)23-10-7-19(8-11-23)17-29-27(32)26-14-22-9-12-24(33-3)15-25(22)31(26)18-21-6-4-5-20(13-21)16-28/h4-15H,17-18H2,1-3H3,(H,29,32). The largest absolute Gasteiger partial charge is 0.497 e. The minimum atomic E-state index is -0.154. The Balaban J connectivity index is 1.64. The van der Waals surface area contributed by atoms with Crippen molar-refractivity contribution < 1.29 is 9.53 Å². The van der Waals surface area contributed by atoms with Crippen LogP contribution in [-0.4, -0.2) is 31.7 Å². The van der Waals surface area contributed by atoms with Crippen molar-refractivity contribution in [1.29, 1.82) is 5.26 Å². The molecule has 4 rings (SSSR count). The number of aromatic nitrogens is 1. The Morgan fingerprint density at radius 1 is 1.03 bits per heavy atom. The molecule has 0 saturated carbocycles. The highest BCUT2D eigenvalue weighted by Gasteiger charge is 2.17. The van der Waals surface area contributed by atoms with Crippen LogP contribution in [0.3, 0.4) is 0 Å². The molecule has 6 heteroatoms. The van der Waals surface area contributed by atoms with Gasteiger partial charge in [-0.3, -0.25) is 4.79 Å². The van der Waals surface area contributed by atoms with E-state index >= 15 is 0 Å². The number of methoxy groups -OCH3 is 1. The lowest BCUT2D eigenvalue weighted by molar-refractivity contribution is 0.0942. The zero-order valence-corrected chi connectivity index (χ0v) is 19.0. The van der Waals surface area contributed by atoms with E-state index < -0.39 is 0 Å². The molecule has 33 heavy (non-hydrogen) atoms. The number of nitrogens with zero attached hydrogens (tertiary/aromatic N) is 3. The summed E-state index contributed by atoms with van der Waals surface area (Å²) in [5.41, 5.74) is 5.14. The maximum absolute atomic E-state index is 13.2. The molecule has 0 aliphatic heterocycles. The lowest BCUT2D eigenvalue weighted by atomic mass is 10.1. The highest BCUT2D eigenvalue weighted by Crippen LogP contribution is 2.26. The monoisotopic (exact) mass is 438 g/mol. The molecule has 1 amide bonds. The van der Waals surface area contributed by atoms with Crippen molar-refractivity contribution in [3.8, 4) is 11.8 Å². The van der Waals surface area contributed by atoms with Gasteiger partial charge in [-0.1, -0.05) is 24.3 Å². The molecule has 0 unspecified atom stereocenters. The summed E-state index contributed by atoms with van der Waals surface area (Å²) in [6.45, 7) is 0.897. The molecule has 0 radical (unpaired) electrons. The first-order valence-electron chi connectivity index (χ1n) is 10.7. The van der Waals surface area contributed by atoms with E-state index in [0.29, 0.717) is 24.3 Å². The van der Waals surface area contributed by atoms with E-state index in [2.05, 4.69) is 11.4 Å². The first-order valence-corrected chi connectivity index (χ1v) is 10.7. The number of benzene rings is 3. The van der Waals surface area contributed by atoms with Crippen LogP contribution in [0.1, 0.15) is 27.2 Å². The molecule has 4 aromatic rings. The fraction of sp³-hybridized carbons (Fsp3) is 0.185. The number of hydrogen-bond donors (Lipinski definition) is 1. The van der Waals surface area contributed by atoms with Gasteiger partial charge in [-0.2, -0.15) is 5.26 Å². The molecule has 3 aromatic carbocycles. The van der Waals surface area contributed by atoms with Gasteiger partial charge in [0, 0.05) is 44.3 Å². The molecular formula is C27H26N4O2. The van der Waals surface area contributed by atoms with Gasteiger partial charge in [-0.15, -0.1) is 0 Å². The number of ether oxygens (including phenoxy) is 1. The molecule has 6 nitrogen and oxygen atoms in total. The second-order valence-corrected chi connectivity index (χ2v) is 8.10. The highest BCUT2D eigenvalue weighted by atomic mass is 16.5. The van der Waals surface area contributed by atoms with Gasteiger partial charge < -0.3 is 19.5 Å². The van der Waals surface area contributed by atoms with Crippen molar-refractivity contribution >= 4 is 22.5 Å². The Labute approximate surface area is 193 Å². The van der Waals surface area contributed by atoms with E-state index in [4.69, 9.17) is 4.74 Å². The number of nitriles is 1. The average Bonchev–Trinajstić information content (AvgIpc) is 3.20.